The van der Waals surface area contributed by atoms with Crippen LogP contribution in [0.3, 0.4) is 0 Å². The number of hydrogen-bond donors (Lipinski definition) is 1. The predicted molar refractivity (Wildman–Crippen MR) is 103 cm³/mol. The molecule has 0 atom stereocenters. The summed E-state index contributed by atoms with van der Waals surface area (Å²) in [6, 6.07) is 8.45. The molecule has 2 aromatic heterocycles. The van der Waals surface area contributed by atoms with Gasteiger partial charge >= 0.3 is 0 Å². The van der Waals surface area contributed by atoms with E-state index in [-0.39, 0.29) is 5.91 Å². The minimum Gasteiger partial charge on any atom is -0.351 e. The van der Waals surface area contributed by atoms with Crippen LogP contribution in [0.15, 0.2) is 42.1 Å². The lowest BCUT2D eigenvalue weighted by molar-refractivity contribution is -0.118. The summed E-state index contributed by atoms with van der Waals surface area (Å²) in [7, 11) is 0. The zero-order valence-electron chi connectivity index (χ0n) is 15.4. The normalized spacial score (nSPS) is 14.4. The number of aromatic nitrogens is 7. The van der Waals surface area contributed by atoms with Crippen LogP contribution >= 0.6 is 11.8 Å². The van der Waals surface area contributed by atoms with Gasteiger partial charge in [-0.15, -0.1) is 5.10 Å². The highest BCUT2D eigenvalue weighted by Crippen LogP contribution is 2.31. The Bertz CT molecular complexity index is 904. The quantitative estimate of drug-likeness (QED) is 0.577. The fourth-order valence-corrected chi connectivity index (χ4v) is 4.15. The van der Waals surface area contributed by atoms with E-state index in [0.717, 1.165) is 29.1 Å². The van der Waals surface area contributed by atoms with E-state index in [2.05, 4.69) is 37.0 Å². The Morgan fingerprint density at radius 3 is 2.93 bits per heavy atom. The SMILES string of the molecule is O=C(CSc1nnnn1C1CCCC1)NCc1cccc(Cn2cncn2)c1. The molecule has 10 heteroatoms. The number of thioether (sulfide) groups is 1. The van der Waals surface area contributed by atoms with Crippen LogP contribution in [0.1, 0.15) is 42.9 Å². The summed E-state index contributed by atoms with van der Waals surface area (Å²) in [6.45, 7) is 1.14. The van der Waals surface area contributed by atoms with Gasteiger partial charge in [0.1, 0.15) is 12.7 Å². The maximum absolute atomic E-state index is 12.3. The number of benzene rings is 1. The fraction of sp³-hybridized carbons (Fsp3) is 0.444. The lowest BCUT2D eigenvalue weighted by Gasteiger charge is -2.11. The molecule has 1 aromatic carbocycles. The molecule has 0 bridgehead atoms. The summed E-state index contributed by atoms with van der Waals surface area (Å²) in [6.07, 6.45) is 7.84. The Hall–Kier alpha value is -2.75. The van der Waals surface area contributed by atoms with Crippen LogP contribution in [-0.4, -0.2) is 46.6 Å². The third kappa shape index (κ3) is 4.75. The molecular formula is C18H22N8OS. The molecule has 1 fully saturated rings. The minimum absolute atomic E-state index is 0.0346. The summed E-state index contributed by atoms with van der Waals surface area (Å²) in [5.41, 5.74) is 2.16. The van der Waals surface area contributed by atoms with E-state index in [1.54, 1.807) is 11.0 Å². The third-order valence-corrected chi connectivity index (χ3v) is 5.69. The van der Waals surface area contributed by atoms with Gasteiger partial charge in [-0.05, 0) is 34.4 Å². The Morgan fingerprint density at radius 1 is 1.25 bits per heavy atom. The van der Waals surface area contributed by atoms with Crippen LogP contribution in [0, 0.1) is 0 Å². The van der Waals surface area contributed by atoms with E-state index in [4.69, 9.17) is 0 Å². The second-order valence-corrected chi connectivity index (χ2v) is 7.77. The number of amides is 1. The first-order valence-corrected chi connectivity index (χ1v) is 10.3. The molecule has 0 unspecified atom stereocenters. The van der Waals surface area contributed by atoms with Gasteiger partial charge in [0.2, 0.25) is 11.1 Å². The summed E-state index contributed by atoms with van der Waals surface area (Å²) in [4.78, 5) is 16.2. The standard InChI is InChI=1S/C18H22N8OS/c27-17(11-28-18-22-23-24-26(18)16-6-1-2-7-16)20-9-14-4-3-5-15(8-14)10-25-13-19-12-21-25/h3-5,8,12-13,16H,1-2,6-7,9-11H2,(H,20,27). The number of nitrogens with zero attached hydrogens (tertiary/aromatic N) is 7. The van der Waals surface area contributed by atoms with Crippen LogP contribution in [0.5, 0.6) is 0 Å². The number of rotatable bonds is 8. The smallest absolute Gasteiger partial charge is 0.230 e. The first kappa shape index (κ1) is 18.6. The molecule has 1 N–H and O–H groups in total. The van der Waals surface area contributed by atoms with Crippen molar-refractivity contribution in [3.63, 3.8) is 0 Å². The van der Waals surface area contributed by atoms with Crippen molar-refractivity contribution in [2.24, 2.45) is 0 Å². The first-order valence-electron chi connectivity index (χ1n) is 9.35. The van der Waals surface area contributed by atoms with Crippen molar-refractivity contribution in [1.82, 2.24) is 40.3 Å². The van der Waals surface area contributed by atoms with Gasteiger partial charge in [-0.3, -0.25) is 4.79 Å². The number of hydrogen-bond acceptors (Lipinski definition) is 7. The second-order valence-electron chi connectivity index (χ2n) is 6.82. The molecule has 1 amide bonds. The summed E-state index contributed by atoms with van der Waals surface area (Å²) < 4.78 is 3.64. The topological polar surface area (TPSA) is 103 Å². The number of carbonyl (C=O) groups is 1. The molecule has 3 aromatic rings. The maximum Gasteiger partial charge on any atom is 0.230 e. The van der Waals surface area contributed by atoms with E-state index < -0.39 is 0 Å². The van der Waals surface area contributed by atoms with Crippen molar-refractivity contribution in [2.45, 2.75) is 50.0 Å². The molecule has 0 spiro atoms. The lowest BCUT2D eigenvalue weighted by atomic mass is 10.1. The molecule has 28 heavy (non-hydrogen) atoms. The summed E-state index contributed by atoms with van der Waals surface area (Å²) >= 11 is 1.39. The monoisotopic (exact) mass is 398 g/mol. The van der Waals surface area contributed by atoms with Crippen LogP contribution in [0.4, 0.5) is 0 Å². The minimum atomic E-state index is -0.0346. The van der Waals surface area contributed by atoms with E-state index in [9.17, 15) is 4.79 Å². The number of nitrogens with one attached hydrogen (secondary N) is 1. The third-order valence-electron chi connectivity index (χ3n) is 4.76. The van der Waals surface area contributed by atoms with Gasteiger partial charge in [0, 0.05) is 6.54 Å². The molecule has 2 heterocycles. The second kappa shape index (κ2) is 8.96. The lowest BCUT2D eigenvalue weighted by Crippen LogP contribution is -2.25. The van der Waals surface area contributed by atoms with Crippen LogP contribution in [0.25, 0.3) is 0 Å². The van der Waals surface area contributed by atoms with E-state index in [0.29, 0.717) is 24.9 Å². The highest BCUT2D eigenvalue weighted by Gasteiger charge is 2.22. The molecule has 1 aliphatic carbocycles. The van der Waals surface area contributed by atoms with Crippen molar-refractivity contribution in [3.8, 4) is 0 Å². The average Bonchev–Trinajstić information content (AvgIpc) is 3.47. The zero-order chi connectivity index (χ0) is 19.2. The number of carbonyl (C=O) groups excluding carboxylic acids is 1. The van der Waals surface area contributed by atoms with E-state index in [1.807, 2.05) is 22.9 Å². The van der Waals surface area contributed by atoms with Crippen LogP contribution in [0.2, 0.25) is 0 Å². The highest BCUT2D eigenvalue weighted by molar-refractivity contribution is 7.99. The van der Waals surface area contributed by atoms with Crippen molar-refractivity contribution < 1.29 is 4.79 Å². The molecule has 146 valence electrons. The molecule has 0 aliphatic heterocycles. The Balaban J connectivity index is 1.26. The summed E-state index contributed by atoms with van der Waals surface area (Å²) in [5.74, 6) is 0.263. The fourth-order valence-electron chi connectivity index (χ4n) is 3.38. The Morgan fingerprint density at radius 2 is 2.11 bits per heavy atom. The molecule has 9 nitrogen and oxygen atoms in total. The van der Waals surface area contributed by atoms with Crippen molar-refractivity contribution >= 4 is 17.7 Å². The maximum atomic E-state index is 12.3. The van der Waals surface area contributed by atoms with Crippen molar-refractivity contribution in [1.29, 1.82) is 0 Å². The molecule has 0 saturated heterocycles. The van der Waals surface area contributed by atoms with Crippen molar-refractivity contribution in [2.75, 3.05) is 5.75 Å². The molecular weight excluding hydrogens is 376 g/mol. The molecule has 0 radical (unpaired) electrons. The van der Waals surface area contributed by atoms with Gasteiger partial charge in [0.25, 0.3) is 0 Å². The van der Waals surface area contributed by atoms with Gasteiger partial charge in [-0.2, -0.15) is 5.10 Å². The van der Waals surface area contributed by atoms with Crippen LogP contribution < -0.4 is 5.32 Å². The molecule has 4 rings (SSSR count). The van der Waals surface area contributed by atoms with E-state index in [1.165, 1.54) is 30.9 Å². The van der Waals surface area contributed by atoms with Crippen LogP contribution in [-0.2, 0) is 17.9 Å². The van der Waals surface area contributed by atoms with Gasteiger partial charge in [-0.1, -0.05) is 48.9 Å². The Kier molecular flexibility index (Phi) is 5.95. The van der Waals surface area contributed by atoms with Gasteiger partial charge in [0.15, 0.2) is 0 Å². The van der Waals surface area contributed by atoms with Crippen molar-refractivity contribution in [3.05, 3.63) is 48.0 Å². The largest absolute Gasteiger partial charge is 0.351 e. The molecule has 1 aliphatic rings. The Labute approximate surface area is 166 Å². The molecule has 1 saturated carbocycles. The summed E-state index contributed by atoms with van der Waals surface area (Å²) in [5, 5.41) is 19.7. The number of tetrazole rings is 1. The van der Waals surface area contributed by atoms with Gasteiger partial charge < -0.3 is 5.32 Å². The van der Waals surface area contributed by atoms with Gasteiger partial charge in [0.05, 0.1) is 18.3 Å². The highest BCUT2D eigenvalue weighted by atomic mass is 32.2. The zero-order valence-corrected chi connectivity index (χ0v) is 16.3. The average molecular weight is 398 g/mol. The van der Waals surface area contributed by atoms with E-state index >= 15 is 0 Å². The first-order chi connectivity index (χ1) is 13.8. The van der Waals surface area contributed by atoms with Gasteiger partial charge in [-0.25, -0.2) is 14.3 Å². The predicted octanol–water partition coefficient (Wildman–Crippen LogP) is 1.84.